The highest BCUT2D eigenvalue weighted by Gasteiger charge is 2.19. The fourth-order valence-corrected chi connectivity index (χ4v) is 2.56. The highest BCUT2D eigenvalue weighted by atomic mass is 16.5. The van der Waals surface area contributed by atoms with Gasteiger partial charge in [-0.15, -0.1) is 0 Å². The first-order chi connectivity index (χ1) is 9.81. The first-order valence-electron chi connectivity index (χ1n) is 7.12. The van der Waals surface area contributed by atoms with Gasteiger partial charge in [-0.3, -0.25) is 4.90 Å². The number of nitriles is 1. The van der Waals surface area contributed by atoms with Crippen LogP contribution in [0.5, 0.6) is 5.75 Å². The summed E-state index contributed by atoms with van der Waals surface area (Å²) in [5.41, 5.74) is 1.22. The Morgan fingerprint density at radius 1 is 1.50 bits per heavy atom. The van der Waals surface area contributed by atoms with Crippen LogP contribution in [0.25, 0.3) is 0 Å². The molecule has 0 unspecified atom stereocenters. The highest BCUT2D eigenvalue weighted by molar-refractivity contribution is 5.28. The lowest BCUT2D eigenvalue weighted by atomic mass is 10.1. The Labute approximate surface area is 120 Å². The van der Waals surface area contributed by atoms with Gasteiger partial charge in [0.15, 0.2) is 0 Å². The number of hydrogen-bond acceptors (Lipinski definition) is 4. The molecule has 1 saturated heterocycles. The Morgan fingerprint density at radius 3 is 3.10 bits per heavy atom. The smallest absolute Gasteiger partial charge is 0.119 e. The number of rotatable bonds is 7. The summed E-state index contributed by atoms with van der Waals surface area (Å²) in [6.45, 7) is 4.38. The Bertz CT molecular complexity index is 450. The second-order valence-electron chi connectivity index (χ2n) is 5.22. The van der Waals surface area contributed by atoms with Crippen molar-refractivity contribution in [2.24, 2.45) is 5.92 Å². The summed E-state index contributed by atoms with van der Waals surface area (Å²) in [5, 5.41) is 8.80. The fourth-order valence-electron chi connectivity index (χ4n) is 2.56. The van der Waals surface area contributed by atoms with Crippen molar-refractivity contribution in [1.29, 1.82) is 5.26 Å². The topological polar surface area (TPSA) is 45.5 Å². The van der Waals surface area contributed by atoms with E-state index in [9.17, 15) is 0 Å². The molecule has 0 N–H and O–H groups in total. The van der Waals surface area contributed by atoms with Gasteiger partial charge in [0.2, 0.25) is 0 Å². The Morgan fingerprint density at radius 2 is 2.40 bits per heavy atom. The Balaban J connectivity index is 1.96. The van der Waals surface area contributed by atoms with Crippen LogP contribution < -0.4 is 4.74 Å². The van der Waals surface area contributed by atoms with Crippen LogP contribution in [0.2, 0.25) is 0 Å². The zero-order valence-corrected chi connectivity index (χ0v) is 12.0. The van der Waals surface area contributed by atoms with E-state index in [0.29, 0.717) is 12.3 Å². The Hall–Kier alpha value is -1.57. The van der Waals surface area contributed by atoms with Crippen molar-refractivity contribution >= 4 is 0 Å². The highest BCUT2D eigenvalue weighted by Crippen LogP contribution is 2.18. The molecule has 20 heavy (non-hydrogen) atoms. The summed E-state index contributed by atoms with van der Waals surface area (Å²) in [6.07, 6.45) is 1.69. The molecule has 4 nitrogen and oxygen atoms in total. The van der Waals surface area contributed by atoms with Gasteiger partial charge in [-0.2, -0.15) is 5.26 Å². The average Bonchev–Trinajstić information content (AvgIpc) is 2.98. The number of hydrogen-bond donors (Lipinski definition) is 0. The molecule has 2 rings (SSSR count). The maximum absolute atomic E-state index is 8.80. The third-order valence-electron chi connectivity index (χ3n) is 3.62. The van der Waals surface area contributed by atoms with Gasteiger partial charge < -0.3 is 9.47 Å². The van der Waals surface area contributed by atoms with Crippen molar-refractivity contribution in [1.82, 2.24) is 4.90 Å². The van der Waals surface area contributed by atoms with Crippen LogP contribution in [0.1, 0.15) is 18.4 Å². The monoisotopic (exact) mass is 274 g/mol. The zero-order valence-electron chi connectivity index (χ0n) is 12.0. The third kappa shape index (κ3) is 4.52. The quantitative estimate of drug-likeness (QED) is 0.766. The minimum Gasteiger partial charge on any atom is -0.497 e. The maximum atomic E-state index is 8.80. The summed E-state index contributed by atoms with van der Waals surface area (Å²) in [5.74, 6) is 1.48. The molecule has 0 aliphatic carbocycles. The van der Waals surface area contributed by atoms with Gasteiger partial charge in [0.05, 0.1) is 19.8 Å². The average molecular weight is 274 g/mol. The van der Waals surface area contributed by atoms with E-state index in [4.69, 9.17) is 14.7 Å². The molecule has 1 aromatic carbocycles. The molecule has 4 heteroatoms. The second-order valence-corrected chi connectivity index (χ2v) is 5.22. The van der Waals surface area contributed by atoms with Crippen molar-refractivity contribution in [2.75, 3.05) is 33.4 Å². The molecule has 1 heterocycles. The predicted octanol–water partition coefficient (Wildman–Crippen LogP) is 2.45. The molecule has 108 valence electrons. The molecule has 1 fully saturated rings. The molecule has 0 bridgehead atoms. The van der Waals surface area contributed by atoms with E-state index in [-0.39, 0.29) is 0 Å². The van der Waals surface area contributed by atoms with E-state index in [1.807, 2.05) is 12.1 Å². The Kier molecular flexibility index (Phi) is 5.85. The van der Waals surface area contributed by atoms with E-state index in [1.165, 1.54) is 5.56 Å². The van der Waals surface area contributed by atoms with Gasteiger partial charge in [0.1, 0.15) is 5.75 Å². The van der Waals surface area contributed by atoms with Crippen LogP contribution >= 0.6 is 0 Å². The van der Waals surface area contributed by atoms with E-state index in [2.05, 4.69) is 23.1 Å². The van der Waals surface area contributed by atoms with Crippen LogP contribution in [0.4, 0.5) is 0 Å². The number of nitrogens with zero attached hydrogens (tertiary/aromatic N) is 2. The van der Waals surface area contributed by atoms with Crippen LogP contribution in [0.3, 0.4) is 0 Å². The first kappa shape index (κ1) is 14.8. The van der Waals surface area contributed by atoms with Crippen molar-refractivity contribution in [3.63, 3.8) is 0 Å². The van der Waals surface area contributed by atoms with E-state index < -0.39 is 0 Å². The SMILES string of the molecule is COc1cccc(CN(CCC#N)C[C@@H]2CCOC2)c1. The van der Waals surface area contributed by atoms with Crippen LogP contribution in [-0.4, -0.2) is 38.3 Å². The largest absolute Gasteiger partial charge is 0.497 e. The summed E-state index contributed by atoms with van der Waals surface area (Å²) in [6, 6.07) is 10.4. The molecule has 0 aromatic heterocycles. The van der Waals surface area contributed by atoms with Crippen molar-refractivity contribution in [3.05, 3.63) is 29.8 Å². The van der Waals surface area contributed by atoms with E-state index >= 15 is 0 Å². The van der Waals surface area contributed by atoms with Crippen LogP contribution in [-0.2, 0) is 11.3 Å². The number of ether oxygens (including phenoxy) is 2. The van der Waals surface area contributed by atoms with Crippen LogP contribution in [0, 0.1) is 17.2 Å². The molecule has 0 radical (unpaired) electrons. The molecule has 0 saturated carbocycles. The third-order valence-corrected chi connectivity index (χ3v) is 3.62. The molecule has 0 amide bonds. The van der Waals surface area contributed by atoms with E-state index in [1.54, 1.807) is 7.11 Å². The molecule has 1 aliphatic rings. The molecule has 1 aromatic rings. The number of methoxy groups -OCH3 is 1. The lowest BCUT2D eigenvalue weighted by Gasteiger charge is -2.24. The van der Waals surface area contributed by atoms with Gasteiger partial charge in [-0.1, -0.05) is 12.1 Å². The summed E-state index contributed by atoms with van der Waals surface area (Å²) < 4.78 is 10.7. The fraction of sp³-hybridized carbons (Fsp3) is 0.562. The van der Waals surface area contributed by atoms with Gasteiger partial charge in [0.25, 0.3) is 0 Å². The molecule has 1 atom stereocenters. The molecular formula is C16H22N2O2. The zero-order chi connectivity index (χ0) is 14.2. The van der Waals surface area contributed by atoms with Crippen molar-refractivity contribution in [3.8, 4) is 11.8 Å². The maximum Gasteiger partial charge on any atom is 0.119 e. The lowest BCUT2D eigenvalue weighted by molar-refractivity contribution is 0.165. The summed E-state index contributed by atoms with van der Waals surface area (Å²) in [7, 11) is 1.68. The summed E-state index contributed by atoms with van der Waals surface area (Å²) >= 11 is 0. The standard InChI is InChI=1S/C16H22N2O2/c1-19-16-5-2-4-14(10-16)11-18(8-3-7-17)12-15-6-9-20-13-15/h2,4-5,10,15H,3,6,8-9,11-13H2,1H3/t15-/m0/s1. The van der Waals surface area contributed by atoms with Crippen molar-refractivity contribution < 1.29 is 9.47 Å². The molecule has 1 aliphatic heterocycles. The lowest BCUT2D eigenvalue weighted by Crippen LogP contribution is -2.30. The van der Waals surface area contributed by atoms with Crippen molar-refractivity contribution in [2.45, 2.75) is 19.4 Å². The predicted molar refractivity (Wildman–Crippen MR) is 77.4 cm³/mol. The normalized spacial score (nSPS) is 18.1. The van der Waals surface area contributed by atoms with Gasteiger partial charge >= 0.3 is 0 Å². The van der Waals surface area contributed by atoms with Gasteiger partial charge in [0, 0.05) is 32.7 Å². The summed E-state index contributed by atoms with van der Waals surface area (Å²) in [4.78, 5) is 2.34. The minimum absolute atomic E-state index is 0.567. The van der Waals surface area contributed by atoms with E-state index in [0.717, 1.165) is 45.0 Å². The molecular weight excluding hydrogens is 252 g/mol. The van der Waals surface area contributed by atoms with Crippen LogP contribution in [0.15, 0.2) is 24.3 Å². The first-order valence-corrected chi connectivity index (χ1v) is 7.12. The van der Waals surface area contributed by atoms with Gasteiger partial charge in [-0.05, 0) is 30.0 Å². The second kappa shape index (κ2) is 7.88. The minimum atomic E-state index is 0.567. The van der Waals surface area contributed by atoms with Gasteiger partial charge in [-0.25, -0.2) is 0 Å². The molecule has 0 spiro atoms. The number of benzene rings is 1.